The zero-order valence-corrected chi connectivity index (χ0v) is 19.9. The third-order valence-electron chi connectivity index (χ3n) is 5.78. The summed E-state index contributed by atoms with van der Waals surface area (Å²) < 4.78 is 21.5. The normalized spacial score (nSPS) is 14.7. The lowest BCUT2D eigenvalue weighted by Crippen LogP contribution is -2.48. The molecule has 1 aliphatic rings. The van der Waals surface area contributed by atoms with Gasteiger partial charge in [0, 0.05) is 6.04 Å². The Kier molecular flexibility index (Phi) is 8.50. The van der Waals surface area contributed by atoms with Crippen LogP contribution in [-0.4, -0.2) is 42.3 Å². The van der Waals surface area contributed by atoms with Gasteiger partial charge in [-0.3, -0.25) is 10.1 Å². The second-order valence-electron chi connectivity index (χ2n) is 8.30. The molecular weight excluding hydrogens is 442 g/mol. The van der Waals surface area contributed by atoms with Crippen LogP contribution in [0.2, 0.25) is 0 Å². The average Bonchev–Trinajstić information content (AvgIpc) is 3.14. The molecule has 1 heterocycles. The molecule has 1 aromatic carbocycles. The molecule has 34 heavy (non-hydrogen) atoms. The predicted octanol–water partition coefficient (Wildman–Crippen LogP) is 3.58. The van der Waals surface area contributed by atoms with Crippen molar-refractivity contribution in [2.75, 3.05) is 7.11 Å². The third-order valence-corrected chi connectivity index (χ3v) is 5.78. The Bertz CT molecular complexity index is 1010. The summed E-state index contributed by atoms with van der Waals surface area (Å²) in [6.07, 6.45) is 3.90. The van der Waals surface area contributed by atoms with E-state index in [9.17, 15) is 14.4 Å². The number of methoxy groups -OCH3 is 1. The first kappa shape index (κ1) is 25.1. The number of aryl methyl sites for hydroxylation is 2. The standard InChI is InChI=1S/C24H31N3O7/c1-14-19(15(2)34-27-14)13-32-20-11-10-17(12-21(20)31-4)23(29)33-16(3)22(28)26-24(30)25-18-8-6-5-7-9-18/h10-12,16,18H,5-9,13H2,1-4H3,(H2,25,26,28,30). The number of carbonyl (C=O) groups is 3. The van der Waals surface area contributed by atoms with Crippen LogP contribution in [0.5, 0.6) is 11.5 Å². The van der Waals surface area contributed by atoms with Crippen molar-refractivity contribution in [3.8, 4) is 11.5 Å². The van der Waals surface area contributed by atoms with Crippen LogP contribution in [0.4, 0.5) is 4.79 Å². The van der Waals surface area contributed by atoms with Crippen molar-refractivity contribution in [1.82, 2.24) is 15.8 Å². The first-order valence-electron chi connectivity index (χ1n) is 11.3. The van der Waals surface area contributed by atoms with Gasteiger partial charge in [-0.05, 0) is 51.8 Å². The highest BCUT2D eigenvalue weighted by Crippen LogP contribution is 2.30. The van der Waals surface area contributed by atoms with E-state index in [4.69, 9.17) is 18.7 Å². The number of benzene rings is 1. The number of imide groups is 1. The van der Waals surface area contributed by atoms with Crippen LogP contribution in [0.1, 0.15) is 66.4 Å². The number of rotatable bonds is 8. The van der Waals surface area contributed by atoms with E-state index >= 15 is 0 Å². The number of urea groups is 1. The summed E-state index contributed by atoms with van der Waals surface area (Å²) in [5.74, 6) is -0.0234. The predicted molar refractivity (Wildman–Crippen MR) is 122 cm³/mol. The van der Waals surface area contributed by atoms with Crippen molar-refractivity contribution in [3.05, 3.63) is 40.8 Å². The lowest BCUT2D eigenvalue weighted by molar-refractivity contribution is -0.127. The van der Waals surface area contributed by atoms with Gasteiger partial charge in [0.25, 0.3) is 5.91 Å². The van der Waals surface area contributed by atoms with Crippen molar-refractivity contribution in [1.29, 1.82) is 0 Å². The number of hydrogen-bond donors (Lipinski definition) is 2. The molecule has 0 aliphatic heterocycles. The Labute approximate surface area is 198 Å². The SMILES string of the molecule is COc1cc(C(=O)OC(C)C(=O)NC(=O)NC2CCCCC2)ccc1OCc1c(C)noc1C. The van der Waals surface area contributed by atoms with Gasteiger partial charge < -0.3 is 24.1 Å². The molecule has 1 saturated carbocycles. The topological polar surface area (TPSA) is 129 Å². The van der Waals surface area contributed by atoms with E-state index < -0.39 is 24.0 Å². The van der Waals surface area contributed by atoms with Crippen molar-refractivity contribution in [3.63, 3.8) is 0 Å². The molecule has 2 aromatic rings. The van der Waals surface area contributed by atoms with Gasteiger partial charge in [0.15, 0.2) is 17.6 Å². The van der Waals surface area contributed by atoms with E-state index in [1.807, 2.05) is 6.92 Å². The van der Waals surface area contributed by atoms with Crippen LogP contribution in [0.3, 0.4) is 0 Å². The molecular formula is C24H31N3O7. The summed E-state index contributed by atoms with van der Waals surface area (Å²) >= 11 is 0. The Morgan fingerprint density at radius 2 is 1.88 bits per heavy atom. The molecule has 0 spiro atoms. The zero-order chi connectivity index (χ0) is 24.7. The third kappa shape index (κ3) is 6.49. The molecule has 10 nitrogen and oxygen atoms in total. The zero-order valence-electron chi connectivity index (χ0n) is 19.9. The summed E-state index contributed by atoms with van der Waals surface area (Å²) in [6.45, 7) is 5.25. The fourth-order valence-corrected chi connectivity index (χ4v) is 3.74. The molecule has 2 N–H and O–H groups in total. The van der Waals surface area contributed by atoms with Gasteiger partial charge in [-0.2, -0.15) is 0 Å². The van der Waals surface area contributed by atoms with E-state index in [0.717, 1.165) is 43.4 Å². The number of aromatic nitrogens is 1. The summed E-state index contributed by atoms with van der Waals surface area (Å²) in [5, 5.41) is 8.91. The highest BCUT2D eigenvalue weighted by molar-refractivity contribution is 5.98. The minimum Gasteiger partial charge on any atom is -0.493 e. The first-order chi connectivity index (χ1) is 16.3. The number of nitrogens with zero attached hydrogens (tertiary/aromatic N) is 1. The van der Waals surface area contributed by atoms with Crippen LogP contribution >= 0.6 is 0 Å². The van der Waals surface area contributed by atoms with E-state index in [-0.39, 0.29) is 18.2 Å². The maximum atomic E-state index is 12.6. The van der Waals surface area contributed by atoms with E-state index in [0.29, 0.717) is 17.3 Å². The summed E-state index contributed by atoms with van der Waals surface area (Å²) in [5.41, 5.74) is 1.74. The molecule has 0 saturated heterocycles. The van der Waals surface area contributed by atoms with Crippen LogP contribution in [-0.2, 0) is 16.1 Å². The van der Waals surface area contributed by atoms with Gasteiger partial charge >= 0.3 is 12.0 Å². The highest BCUT2D eigenvalue weighted by atomic mass is 16.5. The molecule has 0 radical (unpaired) electrons. The highest BCUT2D eigenvalue weighted by Gasteiger charge is 2.23. The smallest absolute Gasteiger partial charge is 0.339 e. The minimum absolute atomic E-state index is 0.0604. The lowest BCUT2D eigenvalue weighted by atomic mass is 9.96. The van der Waals surface area contributed by atoms with E-state index in [1.165, 1.54) is 26.2 Å². The molecule has 0 bridgehead atoms. The van der Waals surface area contributed by atoms with Gasteiger partial charge in [0.05, 0.1) is 23.9 Å². The van der Waals surface area contributed by atoms with Crippen LogP contribution in [0.15, 0.2) is 22.7 Å². The van der Waals surface area contributed by atoms with Crippen LogP contribution in [0, 0.1) is 13.8 Å². The lowest BCUT2D eigenvalue weighted by Gasteiger charge is -2.23. The molecule has 1 unspecified atom stereocenters. The summed E-state index contributed by atoms with van der Waals surface area (Å²) in [7, 11) is 1.45. The fourth-order valence-electron chi connectivity index (χ4n) is 3.74. The minimum atomic E-state index is -1.16. The van der Waals surface area contributed by atoms with Crippen molar-refractivity contribution in [2.45, 2.75) is 71.6 Å². The van der Waals surface area contributed by atoms with Gasteiger partial charge in [0.2, 0.25) is 0 Å². The first-order valence-corrected chi connectivity index (χ1v) is 11.3. The second kappa shape index (κ2) is 11.5. The van der Waals surface area contributed by atoms with Crippen molar-refractivity contribution in [2.24, 2.45) is 0 Å². The monoisotopic (exact) mass is 473 g/mol. The van der Waals surface area contributed by atoms with Gasteiger partial charge in [0.1, 0.15) is 12.4 Å². The Morgan fingerprint density at radius 1 is 1.15 bits per heavy atom. The molecule has 1 aliphatic carbocycles. The largest absolute Gasteiger partial charge is 0.493 e. The van der Waals surface area contributed by atoms with E-state index in [1.54, 1.807) is 13.0 Å². The number of nitrogens with one attached hydrogen (secondary N) is 2. The van der Waals surface area contributed by atoms with Gasteiger partial charge in [-0.25, -0.2) is 9.59 Å². The number of ether oxygens (including phenoxy) is 3. The summed E-state index contributed by atoms with van der Waals surface area (Å²) in [6, 6.07) is 4.03. The summed E-state index contributed by atoms with van der Waals surface area (Å²) in [4.78, 5) is 36.9. The molecule has 10 heteroatoms. The Balaban J connectivity index is 1.54. The quantitative estimate of drug-likeness (QED) is 0.557. The second-order valence-corrected chi connectivity index (χ2v) is 8.30. The van der Waals surface area contributed by atoms with Crippen LogP contribution < -0.4 is 20.1 Å². The molecule has 1 aromatic heterocycles. The Morgan fingerprint density at radius 3 is 2.53 bits per heavy atom. The van der Waals surface area contributed by atoms with Gasteiger partial charge in [-0.1, -0.05) is 24.4 Å². The van der Waals surface area contributed by atoms with E-state index in [2.05, 4.69) is 15.8 Å². The van der Waals surface area contributed by atoms with Crippen molar-refractivity contribution < 1.29 is 33.1 Å². The molecule has 3 amide bonds. The average molecular weight is 474 g/mol. The number of hydrogen-bond acceptors (Lipinski definition) is 8. The van der Waals surface area contributed by atoms with Crippen molar-refractivity contribution >= 4 is 17.9 Å². The fraction of sp³-hybridized carbons (Fsp3) is 0.500. The van der Waals surface area contributed by atoms with Crippen LogP contribution in [0.25, 0.3) is 0 Å². The molecule has 184 valence electrons. The number of amides is 3. The molecule has 3 rings (SSSR count). The number of esters is 1. The Hall–Kier alpha value is -3.56. The molecule has 1 atom stereocenters. The number of carbonyl (C=O) groups excluding carboxylic acids is 3. The maximum absolute atomic E-state index is 12.6. The molecule has 1 fully saturated rings. The maximum Gasteiger partial charge on any atom is 0.339 e. The van der Waals surface area contributed by atoms with Gasteiger partial charge in [-0.15, -0.1) is 0 Å².